The molecule has 2 saturated heterocycles. The molecule has 0 radical (unpaired) electrons. The van der Waals surface area contributed by atoms with E-state index in [9.17, 15) is 48.6 Å². The van der Waals surface area contributed by atoms with Crippen molar-refractivity contribution < 1.29 is 62.8 Å². The minimum atomic E-state index is -1.42. The summed E-state index contributed by atoms with van der Waals surface area (Å²) >= 11 is 0. The van der Waals surface area contributed by atoms with E-state index in [4.69, 9.17) is 4.74 Å². The van der Waals surface area contributed by atoms with Crippen molar-refractivity contribution in [2.24, 2.45) is 35.5 Å². The number of carboxylic acid groups (broad SMARTS) is 2. The van der Waals surface area contributed by atoms with Crippen molar-refractivity contribution in [1.29, 1.82) is 0 Å². The zero-order chi connectivity index (χ0) is 28.8. The smallest absolute Gasteiger partial charge is 0.342 e. The number of cyclic esters (lactones) is 4. The molecule has 2 N–H and O–H groups in total. The molecule has 0 saturated carbocycles. The maximum absolute atomic E-state index is 13.2. The fraction of sp³-hybridized carbons (Fsp3) is 0.538. The molecule has 0 aromatic carbocycles. The highest BCUT2D eigenvalue weighted by molar-refractivity contribution is 6.09. The summed E-state index contributed by atoms with van der Waals surface area (Å²) in [5.74, 6) is -13.0. The van der Waals surface area contributed by atoms with E-state index in [0.717, 1.165) is 0 Å². The molecule has 39 heavy (non-hydrogen) atoms. The van der Waals surface area contributed by atoms with Crippen molar-refractivity contribution in [3.05, 3.63) is 22.3 Å². The van der Waals surface area contributed by atoms with Crippen molar-refractivity contribution >= 4 is 47.8 Å². The van der Waals surface area contributed by atoms with Crippen molar-refractivity contribution in [1.82, 2.24) is 0 Å². The summed E-state index contributed by atoms with van der Waals surface area (Å²) in [6.07, 6.45) is -0.650. The van der Waals surface area contributed by atoms with Crippen LogP contribution in [0.4, 0.5) is 0 Å². The molecule has 13 nitrogen and oxygen atoms in total. The first-order chi connectivity index (χ1) is 18.3. The van der Waals surface area contributed by atoms with Crippen molar-refractivity contribution in [3.63, 3.8) is 0 Å². The molecular weight excluding hydrogens is 520 g/mol. The van der Waals surface area contributed by atoms with Crippen LogP contribution in [-0.4, -0.2) is 58.0 Å². The molecule has 4 rings (SSSR count). The molecule has 13 heteroatoms. The minimum absolute atomic E-state index is 0.170. The van der Waals surface area contributed by atoms with Crippen LogP contribution in [0.5, 0.6) is 0 Å². The van der Waals surface area contributed by atoms with Gasteiger partial charge in [0.1, 0.15) is 0 Å². The van der Waals surface area contributed by atoms with Gasteiger partial charge in [0, 0.05) is 11.1 Å². The van der Waals surface area contributed by atoms with Gasteiger partial charge in [-0.05, 0) is 49.4 Å². The summed E-state index contributed by atoms with van der Waals surface area (Å²) in [5.41, 5.74) is -1.35. The largest absolute Gasteiger partial charge is 0.478 e. The Morgan fingerprint density at radius 2 is 1.03 bits per heavy atom. The lowest BCUT2D eigenvalue weighted by Gasteiger charge is -2.32. The molecule has 0 aromatic heterocycles. The Kier molecular flexibility index (Phi) is 7.53. The summed E-state index contributed by atoms with van der Waals surface area (Å²) in [6, 6.07) is 0. The standard InChI is InChI=1S/C26H26O13/c1-9-3-11(13-7-17(27)37-23(13)33)5-15(19(9)21(29)30)25(35)39-26(36)16-6-12(4-10(2)20(16)22(31)32)14-8-18(28)38-24(14)34/h9-14H,3-8H2,1-2H3,(H,29,30)(H,31,32). The number of aliphatic carboxylic acids is 2. The van der Waals surface area contributed by atoms with E-state index in [1.807, 2.05) is 0 Å². The van der Waals surface area contributed by atoms with Crippen LogP contribution >= 0.6 is 0 Å². The predicted octanol–water partition coefficient (Wildman–Crippen LogP) is 1.09. The molecule has 208 valence electrons. The first kappa shape index (κ1) is 27.9. The Hall–Kier alpha value is -4.16. The third kappa shape index (κ3) is 5.38. The number of carbonyl (C=O) groups is 8. The highest BCUT2D eigenvalue weighted by Gasteiger charge is 2.47. The fourth-order valence-electron chi connectivity index (χ4n) is 6.24. The third-order valence-corrected chi connectivity index (χ3v) is 7.97. The van der Waals surface area contributed by atoms with Gasteiger partial charge in [0.2, 0.25) is 0 Å². The number of hydrogen-bond donors (Lipinski definition) is 2. The Morgan fingerprint density at radius 3 is 1.31 bits per heavy atom. The first-order valence-electron chi connectivity index (χ1n) is 12.5. The number of hydrogen-bond acceptors (Lipinski definition) is 11. The fourth-order valence-corrected chi connectivity index (χ4v) is 6.24. The van der Waals surface area contributed by atoms with Crippen LogP contribution in [0.25, 0.3) is 0 Å². The van der Waals surface area contributed by atoms with Gasteiger partial charge in [-0.3, -0.25) is 19.2 Å². The van der Waals surface area contributed by atoms with Gasteiger partial charge < -0.3 is 24.4 Å². The summed E-state index contributed by atoms with van der Waals surface area (Å²) in [6.45, 7) is 3.04. The molecule has 4 aliphatic rings. The number of ether oxygens (including phenoxy) is 3. The van der Waals surface area contributed by atoms with Gasteiger partial charge in [-0.1, -0.05) is 13.8 Å². The van der Waals surface area contributed by atoms with Crippen LogP contribution in [-0.2, 0) is 52.6 Å². The zero-order valence-corrected chi connectivity index (χ0v) is 21.1. The second-order valence-corrected chi connectivity index (χ2v) is 10.5. The Balaban J connectivity index is 1.61. The lowest BCUT2D eigenvalue weighted by molar-refractivity contribution is -0.157. The molecular formula is C26H26O13. The maximum Gasteiger partial charge on any atom is 0.342 e. The Labute approximate surface area is 221 Å². The number of carbonyl (C=O) groups excluding carboxylic acids is 6. The highest BCUT2D eigenvalue weighted by atomic mass is 16.6. The minimum Gasteiger partial charge on any atom is -0.478 e. The van der Waals surface area contributed by atoms with Gasteiger partial charge >= 0.3 is 47.8 Å². The lowest BCUT2D eigenvalue weighted by Crippen LogP contribution is -2.34. The molecule has 0 bridgehead atoms. The van der Waals surface area contributed by atoms with Crippen molar-refractivity contribution in [3.8, 4) is 0 Å². The topological polar surface area (TPSA) is 205 Å². The summed E-state index contributed by atoms with van der Waals surface area (Å²) in [4.78, 5) is 97.7. The lowest BCUT2D eigenvalue weighted by atomic mass is 9.71. The second-order valence-electron chi connectivity index (χ2n) is 10.5. The SMILES string of the molecule is CC1CC(C2CC(=O)OC2=O)CC(C(=O)OC(=O)C2=C(C(=O)O)C(C)CC(C3CC(=O)OC3=O)C2)=C1C(=O)O. The van der Waals surface area contributed by atoms with E-state index in [1.54, 1.807) is 0 Å². The van der Waals surface area contributed by atoms with Crippen LogP contribution in [0.1, 0.15) is 52.4 Å². The normalized spacial score (nSPS) is 31.2. The summed E-state index contributed by atoms with van der Waals surface area (Å²) < 4.78 is 14.2. The van der Waals surface area contributed by atoms with Crippen LogP contribution < -0.4 is 0 Å². The number of carboxylic acids is 2. The molecule has 0 amide bonds. The van der Waals surface area contributed by atoms with Gasteiger partial charge in [0.05, 0.1) is 35.8 Å². The molecule has 6 unspecified atom stereocenters. The molecule has 0 spiro atoms. The van der Waals surface area contributed by atoms with Crippen molar-refractivity contribution in [2.45, 2.75) is 52.4 Å². The molecule has 2 aliphatic carbocycles. The van der Waals surface area contributed by atoms with Gasteiger partial charge in [-0.15, -0.1) is 0 Å². The Morgan fingerprint density at radius 1 is 0.667 bits per heavy atom. The maximum atomic E-state index is 13.2. The number of rotatable bonds is 6. The van der Waals surface area contributed by atoms with Crippen LogP contribution in [0.15, 0.2) is 22.3 Å². The van der Waals surface area contributed by atoms with E-state index in [0.29, 0.717) is 0 Å². The average molecular weight is 546 g/mol. The molecule has 2 fully saturated rings. The molecule has 2 heterocycles. The van der Waals surface area contributed by atoms with Crippen LogP contribution in [0, 0.1) is 35.5 Å². The van der Waals surface area contributed by atoms with Crippen LogP contribution in [0.3, 0.4) is 0 Å². The third-order valence-electron chi connectivity index (χ3n) is 7.97. The zero-order valence-electron chi connectivity index (χ0n) is 21.1. The first-order valence-corrected chi connectivity index (χ1v) is 12.5. The van der Waals surface area contributed by atoms with Gasteiger partial charge in [0.25, 0.3) is 0 Å². The van der Waals surface area contributed by atoms with E-state index >= 15 is 0 Å². The molecule has 6 atom stereocenters. The van der Waals surface area contributed by atoms with E-state index in [2.05, 4.69) is 9.47 Å². The van der Waals surface area contributed by atoms with E-state index < -0.39 is 83.3 Å². The second kappa shape index (κ2) is 10.5. The van der Waals surface area contributed by atoms with E-state index in [1.165, 1.54) is 13.8 Å². The van der Waals surface area contributed by atoms with Crippen molar-refractivity contribution in [2.75, 3.05) is 0 Å². The monoisotopic (exact) mass is 546 g/mol. The predicted molar refractivity (Wildman–Crippen MR) is 123 cm³/mol. The molecule has 2 aliphatic heterocycles. The summed E-state index contributed by atoms with van der Waals surface area (Å²) in [7, 11) is 0. The highest BCUT2D eigenvalue weighted by Crippen LogP contribution is 2.43. The quantitative estimate of drug-likeness (QED) is 0.272. The van der Waals surface area contributed by atoms with Crippen LogP contribution in [0.2, 0.25) is 0 Å². The Bertz CT molecular complexity index is 1170. The van der Waals surface area contributed by atoms with E-state index in [-0.39, 0.29) is 60.8 Å². The van der Waals surface area contributed by atoms with Gasteiger partial charge in [-0.25, -0.2) is 19.2 Å². The van der Waals surface area contributed by atoms with Gasteiger partial charge in [-0.2, -0.15) is 0 Å². The average Bonchev–Trinajstić information content (AvgIpc) is 3.36. The summed E-state index contributed by atoms with van der Waals surface area (Å²) in [5, 5.41) is 19.5. The number of esters is 6. The molecule has 0 aromatic rings. The van der Waals surface area contributed by atoms with Gasteiger partial charge in [0.15, 0.2) is 0 Å².